The van der Waals surface area contributed by atoms with Gasteiger partial charge in [-0.2, -0.15) is 5.26 Å². The van der Waals surface area contributed by atoms with Gasteiger partial charge in [0.2, 0.25) is 0 Å². The molecular weight excluding hydrogens is 377 g/mol. The molecule has 3 N–H and O–H groups in total. The summed E-state index contributed by atoms with van der Waals surface area (Å²) in [6, 6.07) is 5.88. The molecule has 0 bridgehead atoms. The molecule has 11 heteroatoms. The number of aromatic nitrogens is 6. The van der Waals surface area contributed by atoms with E-state index in [2.05, 4.69) is 25.3 Å². The monoisotopic (exact) mass is 391 g/mol. The van der Waals surface area contributed by atoms with Crippen LogP contribution in [0.1, 0.15) is 24.4 Å². The number of rotatable bonds is 4. The predicted octanol–water partition coefficient (Wildman–Crippen LogP) is 1.44. The van der Waals surface area contributed by atoms with Gasteiger partial charge >= 0.3 is 5.69 Å². The van der Waals surface area contributed by atoms with Crippen LogP contribution in [-0.4, -0.2) is 28.9 Å². The number of fused-ring (bicyclic) bond motifs is 1. The molecular formula is C18H14FN9O. The van der Waals surface area contributed by atoms with Crippen molar-refractivity contribution in [1.29, 1.82) is 5.26 Å². The largest absolute Gasteiger partial charge is 0.382 e. The van der Waals surface area contributed by atoms with Gasteiger partial charge in [0.05, 0.1) is 24.1 Å². The zero-order valence-electron chi connectivity index (χ0n) is 15.1. The zero-order valence-corrected chi connectivity index (χ0v) is 15.1. The lowest BCUT2D eigenvalue weighted by atomic mass is 10.2. The molecule has 0 spiro atoms. The van der Waals surface area contributed by atoms with E-state index in [1.54, 1.807) is 25.3 Å². The molecule has 0 saturated heterocycles. The highest BCUT2D eigenvalue weighted by atomic mass is 19.1. The molecule has 29 heavy (non-hydrogen) atoms. The molecule has 4 aromatic heterocycles. The smallest absolute Gasteiger partial charge is 0.339 e. The van der Waals surface area contributed by atoms with Crippen molar-refractivity contribution in [3.63, 3.8) is 0 Å². The number of hydrogen-bond acceptors (Lipinski definition) is 8. The van der Waals surface area contributed by atoms with Crippen LogP contribution in [0, 0.1) is 17.1 Å². The van der Waals surface area contributed by atoms with Crippen molar-refractivity contribution in [2.24, 2.45) is 0 Å². The van der Waals surface area contributed by atoms with Crippen LogP contribution in [0.3, 0.4) is 0 Å². The lowest BCUT2D eigenvalue weighted by Crippen LogP contribution is -2.31. The maximum Gasteiger partial charge on any atom is 0.339 e. The first-order valence-electron chi connectivity index (χ1n) is 8.47. The molecule has 0 aliphatic carbocycles. The van der Waals surface area contributed by atoms with E-state index in [9.17, 15) is 14.4 Å². The molecule has 4 aromatic rings. The second kappa shape index (κ2) is 7.01. The van der Waals surface area contributed by atoms with Crippen molar-refractivity contribution in [2.45, 2.75) is 13.0 Å². The Kier molecular flexibility index (Phi) is 4.36. The van der Waals surface area contributed by atoms with Crippen LogP contribution in [0.2, 0.25) is 0 Å². The second-order valence-electron chi connectivity index (χ2n) is 6.15. The fourth-order valence-electron chi connectivity index (χ4n) is 2.94. The molecule has 4 heterocycles. The number of anilines is 2. The summed E-state index contributed by atoms with van der Waals surface area (Å²) in [7, 11) is 0. The molecule has 0 saturated carbocycles. The Morgan fingerprint density at radius 2 is 2.17 bits per heavy atom. The summed E-state index contributed by atoms with van der Waals surface area (Å²) in [4.78, 5) is 29.3. The topological polar surface area (TPSA) is 140 Å². The van der Waals surface area contributed by atoms with E-state index in [0.29, 0.717) is 5.65 Å². The second-order valence-corrected chi connectivity index (χ2v) is 6.15. The molecule has 0 amide bonds. The molecule has 144 valence electrons. The van der Waals surface area contributed by atoms with Crippen molar-refractivity contribution in [1.82, 2.24) is 28.9 Å². The van der Waals surface area contributed by atoms with Crippen molar-refractivity contribution < 1.29 is 4.39 Å². The lowest BCUT2D eigenvalue weighted by molar-refractivity contribution is 0.615. The van der Waals surface area contributed by atoms with Crippen LogP contribution in [-0.2, 0) is 0 Å². The van der Waals surface area contributed by atoms with Crippen molar-refractivity contribution >= 4 is 17.3 Å². The van der Waals surface area contributed by atoms with Gasteiger partial charge < -0.3 is 11.1 Å². The molecule has 0 radical (unpaired) electrons. The van der Waals surface area contributed by atoms with E-state index < -0.39 is 17.5 Å². The minimum absolute atomic E-state index is 0.0268. The Morgan fingerprint density at radius 1 is 1.34 bits per heavy atom. The Hall–Kier alpha value is -4.33. The van der Waals surface area contributed by atoms with Gasteiger partial charge in [-0.25, -0.2) is 28.7 Å². The molecule has 1 atom stereocenters. The Bertz CT molecular complexity index is 1320. The summed E-state index contributed by atoms with van der Waals surface area (Å²) in [5.74, 6) is -0.0987. The minimum Gasteiger partial charge on any atom is -0.382 e. The van der Waals surface area contributed by atoms with Crippen LogP contribution in [0.15, 0.2) is 47.9 Å². The quantitative estimate of drug-likeness (QED) is 0.532. The minimum atomic E-state index is -0.604. The van der Waals surface area contributed by atoms with Gasteiger partial charge in [-0.3, -0.25) is 9.38 Å². The molecule has 4 rings (SSSR count). The van der Waals surface area contributed by atoms with Crippen LogP contribution in [0.25, 0.3) is 11.3 Å². The summed E-state index contributed by atoms with van der Waals surface area (Å²) in [6.07, 6.45) is 5.19. The van der Waals surface area contributed by atoms with E-state index in [1.165, 1.54) is 27.6 Å². The normalized spacial score (nSPS) is 11.9. The van der Waals surface area contributed by atoms with Gasteiger partial charge in [0.1, 0.15) is 46.9 Å². The summed E-state index contributed by atoms with van der Waals surface area (Å²) < 4.78 is 16.4. The number of halogens is 1. The molecule has 0 aromatic carbocycles. The highest BCUT2D eigenvalue weighted by Gasteiger charge is 2.20. The maximum atomic E-state index is 13.8. The fourth-order valence-corrected chi connectivity index (χ4v) is 2.94. The Labute approximate surface area is 163 Å². The van der Waals surface area contributed by atoms with E-state index in [0.717, 1.165) is 6.20 Å². The van der Waals surface area contributed by atoms with Gasteiger partial charge in [0.25, 0.3) is 0 Å². The van der Waals surface area contributed by atoms with Gasteiger partial charge in [-0.15, -0.1) is 0 Å². The van der Waals surface area contributed by atoms with Gasteiger partial charge in [-0.05, 0) is 19.1 Å². The molecule has 0 aliphatic rings. The Morgan fingerprint density at radius 3 is 2.93 bits per heavy atom. The summed E-state index contributed by atoms with van der Waals surface area (Å²) in [5, 5.41) is 12.4. The summed E-state index contributed by atoms with van der Waals surface area (Å²) in [6.45, 7) is 1.73. The predicted molar refractivity (Wildman–Crippen MR) is 102 cm³/mol. The highest BCUT2D eigenvalue weighted by molar-refractivity contribution is 5.62. The van der Waals surface area contributed by atoms with Crippen molar-refractivity contribution in [2.75, 3.05) is 11.1 Å². The third-order valence-electron chi connectivity index (χ3n) is 4.26. The lowest BCUT2D eigenvalue weighted by Gasteiger charge is -2.20. The highest BCUT2D eigenvalue weighted by Crippen LogP contribution is 2.23. The van der Waals surface area contributed by atoms with Crippen LogP contribution >= 0.6 is 0 Å². The first kappa shape index (κ1) is 18.1. The number of nitrogens with two attached hydrogens (primary N) is 1. The van der Waals surface area contributed by atoms with E-state index in [4.69, 9.17) is 5.73 Å². The molecule has 10 nitrogen and oxygen atoms in total. The van der Waals surface area contributed by atoms with E-state index >= 15 is 0 Å². The summed E-state index contributed by atoms with van der Waals surface area (Å²) in [5.41, 5.74) is 5.99. The number of hydrogen-bond donors (Lipinski definition) is 2. The summed E-state index contributed by atoms with van der Waals surface area (Å²) >= 11 is 0. The third kappa shape index (κ3) is 3.12. The third-order valence-corrected chi connectivity index (χ3v) is 4.26. The first-order valence-corrected chi connectivity index (χ1v) is 8.47. The number of nitrogens with zero attached hydrogens (tertiary/aromatic N) is 7. The SMILES string of the molecule is CC(Nc1ncnc(N)c1C#N)c1nc2cccn2c(=O)n1-c1cncc(F)c1. The van der Waals surface area contributed by atoms with E-state index in [1.807, 2.05) is 6.07 Å². The van der Waals surface area contributed by atoms with E-state index in [-0.39, 0.29) is 28.7 Å². The van der Waals surface area contributed by atoms with Crippen LogP contribution < -0.4 is 16.7 Å². The molecule has 1 unspecified atom stereocenters. The number of pyridine rings is 1. The van der Waals surface area contributed by atoms with Crippen molar-refractivity contribution in [3.8, 4) is 11.8 Å². The van der Waals surface area contributed by atoms with Crippen molar-refractivity contribution in [3.05, 3.63) is 70.8 Å². The molecule has 0 aliphatic heterocycles. The molecule has 0 fully saturated rings. The zero-order chi connectivity index (χ0) is 20.5. The Balaban J connectivity index is 1.89. The number of nitriles is 1. The number of nitrogen functional groups attached to an aromatic ring is 1. The average Bonchev–Trinajstić information content (AvgIpc) is 3.17. The fraction of sp³-hybridized carbons (Fsp3) is 0.111. The van der Waals surface area contributed by atoms with Gasteiger partial charge in [0.15, 0.2) is 0 Å². The maximum absolute atomic E-state index is 13.8. The first-order chi connectivity index (χ1) is 14.0. The number of nitrogens with one attached hydrogen (secondary N) is 1. The van der Waals surface area contributed by atoms with Crippen LogP contribution in [0.5, 0.6) is 0 Å². The van der Waals surface area contributed by atoms with Gasteiger partial charge in [-0.1, -0.05) is 0 Å². The van der Waals surface area contributed by atoms with Crippen LogP contribution in [0.4, 0.5) is 16.0 Å². The van der Waals surface area contributed by atoms with Gasteiger partial charge in [0, 0.05) is 12.3 Å². The standard InChI is InChI=1S/C18H14FN9O/c1-10(25-16-13(6-20)15(21)23-9-24-16)17-26-14-3-2-4-27(14)18(29)28(17)12-5-11(19)7-22-8-12/h2-5,7-10H,1H3,(H3,21,23,24,25). The average molecular weight is 391 g/mol.